The van der Waals surface area contributed by atoms with Gasteiger partial charge in [0.25, 0.3) is 5.91 Å². The fourth-order valence-electron chi connectivity index (χ4n) is 3.11. The Hall–Kier alpha value is -3.09. The Morgan fingerprint density at radius 3 is 2.46 bits per heavy atom. The normalized spacial score (nSPS) is 10.9. The minimum absolute atomic E-state index is 0.209. The van der Waals surface area contributed by atoms with E-state index in [1.54, 1.807) is 29.7 Å². The zero-order chi connectivity index (χ0) is 20.4. The van der Waals surface area contributed by atoms with Gasteiger partial charge in [-0.05, 0) is 51.0 Å². The van der Waals surface area contributed by atoms with Crippen LogP contribution in [0.3, 0.4) is 0 Å². The highest BCUT2D eigenvalue weighted by Gasteiger charge is 2.24. The number of benzene rings is 1. The number of ether oxygens (including phenoxy) is 1. The second-order valence-electron chi connectivity index (χ2n) is 7.22. The fraction of sp³-hybridized carbons (Fsp3) is 0.381. The monoisotopic (exact) mass is 382 g/mol. The maximum absolute atomic E-state index is 12.9. The molecule has 3 rings (SSSR count). The van der Waals surface area contributed by atoms with Gasteiger partial charge >= 0.3 is 0 Å². The Morgan fingerprint density at radius 1 is 1.18 bits per heavy atom. The van der Waals surface area contributed by atoms with Gasteiger partial charge in [0.1, 0.15) is 18.1 Å². The molecule has 0 aliphatic rings. The van der Waals surface area contributed by atoms with Crippen LogP contribution in [-0.2, 0) is 20.2 Å². The van der Waals surface area contributed by atoms with Gasteiger partial charge in [-0.2, -0.15) is 5.10 Å². The molecule has 7 heteroatoms. The molecule has 0 saturated heterocycles. The molecule has 0 saturated carbocycles. The summed E-state index contributed by atoms with van der Waals surface area (Å²) in [7, 11) is 3.62. The topological polar surface area (TPSA) is 73.4 Å². The maximum atomic E-state index is 12.9. The third kappa shape index (κ3) is 4.08. The van der Waals surface area contributed by atoms with Gasteiger partial charge in [-0.1, -0.05) is 11.2 Å². The quantitative estimate of drug-likeness (QED) is 0.652. The lowest BCUT2D eigenvalue weighted by atomic mass is 10.1. The van der Waals surface area contributed by atoms with Gasteiger partial charge in [-0.15, -0.1) is 0 Å². The van der Waals surface area contributed by atoms with Crippen molar-refractivity contribution in [3.05, 3.63) is 63.8 Å². The van der Waals surface area contributed by atoms with Gasteiger partial charge in [0, 0.05) is 31.9 Å². The van der Waals surface area contributed by atoms with Crippen LogP contribution in [0.5, 0.6) is 5.75 Å². The average Bonchev–Trinajstić information content (AvgIpc) is 3.15. The third-order valence-corrected chi connectivity index (χ3v) is 4.86. The summed E-state index contributed by atoms with van der Waals surface area (Å²) in [6.07, 6.45) is 1.78. The van der Waals surface area contributed by atoms with Crippen LogP contribution >= 0.6 is 0 Å². The smallest absolute Gasteiger partial charge is 0.276 e. The number of aromatic nitrogens is 3. The summed E-state index contributed by atoms with van der Waals surface area (Å²) in [6.45, 7) is 8.48. The molecule has 1 amide bonds. The summed E-state index contributed by atoms with van der Waals surface area (Å²) >= 11 is 0. The lowest BCUT2D eigenvalue weighted by Gasteiger charge is -2.16. The van der Waals surface area contributed by atoms with Crippen LogP contribution in [-0.4, -0.2) is 32.8 Å². The van der Waals surface area contributed by atoms with Gasteiger partial charge in [0.15, 0.2) is 5.69 Å². The molecule has 7 nitrogen and oxygen atoms in total. The van der Waals surface area contributed by atoms with E-state index >= 15 is 0 Å². The molecule has 0 unspecified atom stereocenters. The van der Waals surface area contributed by atoms with Gasteiger partial charge in [-0.3, -0.25) is 9.48 Å². The van der Waals surface area contributed by atoms with Crippen LogP contribution < -0.4 is 4.74 Å². The third-order valence-electron chi connectivity index (χ3n) is 4.86. The summed E-state index contributed by atoms with van der Waals surface area (Å²) in [6, 6.07) is 6.02. The average molecular weight is 382 g/mol. The van der Waals surface area contributed by atoms with Crippen LogP contribution in [0.1, 0.15) is 44.2 Å². The summed E-state index contributed by atoms with van der Waals surface area (Å²) in [5, 5.41) is 8.21. The summed E-state index contributed by atoms with van der Waals surface area (Å²) in [4.78, 5) is 14.6. The van der Waals surface area contributed by atoms with Gasteiger partial charge < -0.3 is 14.2 Å². The molecule has 2 aromatic heterocycles. The molecule has 0 spiro atoms. The van der Waals surface area contributed by atoms with E-state index in [-0.39, 0.29) is 18.2 Å². The molecule has 0 fully saturated rings. The van der Waals surface area contributed by atoms with Crippen LogP contribution in [0.15, 0.2) is 28.9 Å². The van der Waals surface area contributed by atoms with Gasteiger partial charge in [0.05, 0.1) is 11.8 Å². The highest BCUT2D eigenvalue weighted by Crippen LogP contribution is 2.21. The lowest BCUT2D eigenvalue weighted by Crippen LogP contribution is -2.27. The molecule has 0 bridgehead atoms. The minimum Gasteiger partial charge on any atom is -0.489 e. The highest BCUT2D eigenvalue weighted by molar-refractivity contribution is 5.93. The van der Waals surface area contributed by atoms with Crippen molar-refractivity contribution in [3.8, 4) is 5.75 Å². The minimum atomic E-state index is -0.209. The first-order valence-electron chi connectivity index (χ1n) is 9.15. The van der Waals surface area contributed by atoms with Crippen molar-refractivity contribution >= 4 is 5.91 Å². The van der Waals surface area contributed by atoms with Crippen molar-refractivity contribution in [1.82, 2.24) is 19.8 Å². The summed E-state index contributed by atoms with van der Waals surface area (Å²) < 4.78 is 13.0. The van der Waals surface area contributed by atoms with Crippen molar-refractivity contribution in [1.29, 1.82) is 0 Å². The Bertz CT molecular complexity index is 983. The highest BCUT2D eigenvalue weighted by atomic mass is 16.5. The predicted molar refractivity (Wildman–Crippen MR) is 105 cm³/mol. The number of nitrogens with zero attached hydrogens (tertiary/aromatic N) is 4. The standard InChI is InChI=1S/C21H26N4O3/c1-13-7-14(2)9-18(8-13)27-12-19-16(4)28-23-20(19)21(26)24(5)11-17-10-22-25(6)15(17)3/h7-10H,11-12H2,1-6H3. The van der Waals surface area contributed by atoms with E-state index in [1.807, 2.05) is 40.0 Å². The molecular weight excluding hydrogens is 356 g/mol. The van der Waals surface area contributed by atoms with Crippen LogP contribution in [0.4, 0.5) is 0 Å². The van der Waals surface area contributed by atoms with E-state index in [2.05, 4.69) is 16.3 Å². The first kappa shape index (κ1) is 19.7. The Labute approximate surface area is 164 Å². The summed E-state index contributed by atoms with van der Waals surface area (Å²) in [5.41, 5.74) is 5.21. The first-order valence-corrected chi connectivity index (χ1v) is 9.15. The van der Waals surface area contributed by atoms with Crippen LogP contribution in [0.25, 0.3) is 0 Å². The van der Waals surface area contributed by atoms with Crippen LogP contribution in [0, 0.1) is 27.7 Å². The molecule has 0 N–H and O–H groups in total. The van der Waals surface area contributed by atoms with E-state index in [1.165, 1.54) is 0 Å². The molecule has 3 aromatic rings. The van der Waals surface area contributed by atoms with Crippen LogP contribution in [0.2, 0.25) is 0 Å². The first-order chi connectivity index (χ1) is 13.3. The second-order valence-corrected chi connectivity index (χ2v) is 7.22. The zero-order valence-corrected chi connectivity index (χ0v) is 17.2. The molecule has 0 atom stereocenters. The molecule has 1 aromatic carbocycles. The molecule has 0 aliphatic carbocycles. The molecule has 2 heterocycles. The van der Waals surface area contributed by atoms with E-state index in [9.17, 15) is 4.79 Å². The van der Waals surface area contributed by atoms with E-state index in [0.29, 0.717) is 17.9 Å². The van der Waals surface area contributed by atoms with Crippen molar-refractivity contribution in [2.24, 2.45) is 7.05 Å². The predicted octanol–water partition coefficient (Wildman–Crippen LogP) is 3.49. The van der Waals surface area contributed by atoms with E-state index in [0.717, 1.165) is 28.1 Å². The van der Waals surface area contributed by atoms with E-state index < -0.39 is 0 Å². The molecule has 0 radical (unpaired) electrons. The van der Waals surface area contributed by atoms with Crippen molar-refractivity contribution in [2.45, 2.75) is 40.8 Å². The number of hydrogen-bond acceptors (Lipinski definition) is 5. The zero-order valence-electron chi connectivity index (χ0n) is 17.2. The Balaban J connectivity index is 1.75. The summed E-state index contributed by atoms with van der Waals surface area (Å²) in [5.74, 6) is 1.13. The lowest BCUT2D eigenvalue weighted by molar-refractivity contribution is 0.0772. The number of aryl methyl sites for hydroxylation is 4. The number of amides is 1. The SMILES string of the molecule is Cc1cc(C)cc(OCc2c(C(=O)N(C)Cc3cnn(C)c3C)noc2C)c1. The van der Waals surface area contributed by atoms with Crippen molar-refractivity contribution in [2.75, 3.05) is 7.05 Å². The van der Waals surface area contributed by atoms with Gasteiger partial charge in [-0.25, -0.2) is 0 Å². The van der Waals surface area contributed by atoms with E-state index in [4.69, 9.17) is 9.26 Å². The number of carbonyl (C=O) groups excluding carboxylic acids is 1. The largest absolute Gasteiger partial charge is 0.489 e. The number of rotatable bonds is 6. The van der Waals surface area contributed by atoms with Crippen molar-refractivity contribution < 1.29 is 14.1 Å². The number of hydrogen-bond donors (Lipinski definition) is 0. The molecule has 0 aliphatic heterocycles. The maximum Gasteiger partial charge on any atom is 0.276 e. The fourth-order valence-corrected chi connectivity index (χ4v) is 3.11. The Kier molecular flexibility index (Phi) is 5.53. The number of carbonyl (C=O) groups is 1. The van der Waals surface area contributed by atoms with Crippen molar-refractivity contribution in [3.63, 3.8) is 0 Å². The van der Waals surface area contributed by atoms with Gasteiger partial charge in [0.2, 0.25) is 0 Å². The molecule has 148 valence electrons. The molecular formula is C21H26N4O3. The molecule has 28 heavy (non-hydrogen) atoms. The Morgan fingerprint density at radius 2 is 1.86 bits per heavy atom. The second kappa shape index (κ2) is 7.88.